The minimum atomic E-state index is -0.546. The van der Waals surface area contributed by atoms with Crippen molar-refractivity contribution in [1.82, 2.24) is 10.3 Å². The second-order valence-corrected chi connectivity index (χ2v) is 5.11. The Morgan fingerprint density at radius 1 is 1.56 bits per heavy atom. The fraction of sp³-hybridized carbons (Fsp3) is 0.583. The summed E-state index contributed by atoms with van der Waals surface area (Å²) >= 11 is 0. The fourth-order valence-electron chi connectivity index (χ4n) is 1.29. The molecule has 1 amide bonds. The zero-order valence-corrected chi connectivity index (χ0v) is 10.3. The van der Waals surface area contributed by atoms with E-state index in [2.05, 4.69) is 10.3 Å². The first kappa shape index (κ1) is 12.8. The Bertz CT molecular complexity index is 363. The highest BCUT2D eigenvalue weighted by molar-refractivity contribution is 5.95. The number of carbonyl (C=O) groups is 1. The highest BCUT2D eigenvalue weighted by Gasteiger charge is 2.22. The summed E-state index contributed by atoms with van der Waals surface area (Å²) in [5, 5.41) is 12.5. The molecule has 0 spiro atoms. The molecular weight excluding hydrogens is 204 g/mol. The third-order valence-corrected chi connectivity index (χ3v) is 2.65. The van der Waals surface area contributed by atoms with E-state index in [-0.39, 0.29) is 17.9 Å². The van der Waals surface area contributed by atoms with E-state index in [1.54, 1.807) is 12.3 Å². The number of hydrogen-bond acceptors (Lipinski definition) is 2. The normalized spacial score (nSPS) is 13.6. The highest BCUT2D eigenvalue weighted by Crippen LogP contribution is 2.18. The van der Waals surface area contributed by atoms with Crippen molar-refractivity contribution >= 4 is 5.91 Å². The van der Waals surface area contributed by atoms with Gasteiger partial charge in [0.15, 0.2) is 0 Å². The van der Waals surface area contributed by atoms with Gasteiger partial charge in [-0.1, -0.05) is 20.8 Å². The van der Waals surface area contributed by atoms with Crippen molar-refractivity contribution in [2.45, 2.75) is 33.8 Å². The molecule has 1 heterocycles. The topological polar surface area (TPSA) is 65.1 Å². The van der Waals surface area contributed by atoms with E-state index in [1.165, 1.54) is 0 Å². The first-order valence-corrected chi connectivity index (χ1v) is 5.42. The number of aromatic nitrogens is 1. The van der Waals surface area contributed by atoms with Gasteiger partial charge in [-0.25, -0.2) is 0 Å². The first-order valence-electron chi connectivity index (χ1n) is 5.42. The van der Waals surface area contributed by atoms with Gasteiger partial charge in [-0.05, 0) is 18.4 Å². The summed E-state index contributed by atoms with van der Waals surface area (Å²) in [7, 11) is 0. The van der Waals surface area contributed by atoms with Gasteiger partial charge in [0.05, 0.1) is 11.7 Å². The van der Waals surface area contributed by atoms with Crippen LogP contribution in [0.3, 0.4) is 0 Å². The summed E-state index contributed by atoms with van der Waals surface area (Å²) in [5.41, 5.74) is 1.24. The average Bonchev–Trinajstić information content (AvgIpc) is 2.58. The lowest BCUT2D eigenvalue weighted by Crippen LogP contribution is -2.39. The number of H-pyrrole nitrogens is 1. The molecule has 0 aliphatic rings. The van der Waals surface area contributed by atoms with Crippen LogP contribution in [0.5, 0.6) is 0 Å². The van der Waals surface area contributed by atoms with Gasteiger partial charge < -0.3 is 15.4 Å². The Kier molecular flexibility index (Phi) is 3.75. The predicted molar refractivity (Wildman–Crippen MR) is 63.3 cm³/mol. The largest absolute Gasteiger partial charge is 0.391 e. The lowest BCUT2D eigenvalue weighted by atomic mass is 9.89. The number of amides is 1. The molecule has 1 aromatic rings. The van der Waals surface area contributed by atoms with Gasteiger partial charge in [0.1, 0.15) is 0 Å². The molecule has 16 heavy (non-hydrogen) atoms. The number of aryl methyl sites for hydroxylation is 1. The molecule has 0 aliphatic carbocycles. The minimum Gasteiger partial charge on any atom is -0.391 e. The van der Waals surface area contributed by atoms with Crippen LogP contribution in [0.2, 0.25) is 0 Å². The Balaban J connectivity index is 2.52. The van der Waals surface area contributed by atoms with Crippen molar-refractivity contribution in [3.05, 3.63) is 23.5 Å². The van der Waals surface area contributed by atoms with E-state index >= 15 is 0 Å². The van der Waals surface area contributed by atoms with Crippen LogP contribution in [-0.2, 0) is 0 Å². The average molecular weight is 224 g/mol. The Morgan fingerprint density at radius 2 is 2.19 bits per heavy atom. The molecule has 1 rings (SSSR count). The number of aliphatic hydroxyl groups is 1. The monoisotopic (exact) mass is 224 g/mol. The fourth-order valence-corrected chi connectivity index (χ4v) is 1.29. The van der Waals surface area contributed by atoms with Gasteiger partial charge in [0.25, 0.3) is 5.91 Å². The van der Waals surface area contributed by atoms with Crippen LogP contribution in [0.1, 0.15) is 36.8 Å². The summed E-state index contributed by atoms with van der Waals surface area (Å²) in [6, 6.07) is 1.73. The van der Waals surface area contributed by atoms with Crippen LogP contribution in [0.4, 0.5) is 0 Å². The smallest absolute Gasteiger partial charge is 0.253 e. The van der Waals surface area contributed by atoms with Crippen LogP contribution in [0, 0.1) is 12.3 Å². The first-order chi connectivity index (χ1) is 7.32. The number of rotatable bonds is 3. The van der Waals surface area contributed by atoms with Crippen molar-refractivity contribution in [2.75, 3.05) is 6.54 Å². The van der Waals surface area contributed by atoms with E-state index in [1.807, 2.05) is 27.7 Å². The van der Waals surface area contributed by atoms with Gasteiger partial charge in [-0.3, -0.25) is 4.79 Å². The van der Waals surface area contributed by atoms with E-state index in [0.717, 1.165) is 5.69 Å². The van der Waals surface area contributed by atoms with Crippen molar-refractivity contribution in [3.8, 4) is 0 Å². The molecule has 3 N–H and O–H groups in total. The quantitative estimate of drug-likeness (QED) is 0.727. The number of nitrogens with one attached hydrogen (secondary N) is 2. The second kappa shape index (κ2) is 4.70. The van der Waals surface area contributed by atoms with Gasteiger partial charge >= 0.3 is 0 Å². The number of aliphatic hydroxyl groups excluding tert-OH is 1. The summed E-state index contributed by atoms with van der Waals surface area (Å²) in [6.45, 7) is 7.92. The molecule has 1 atom stereocenters. The molecule has 1 aromatic heterocycles. The van der Waals surface area contributed by atoms with Gasteiger partial charge in [-0.2, -0.15) is 0 Å². The molecule has 0 bridgehead atoms. The van der Waals surface area contributed by atoms with Gasteiger partial charge in [-0.15, -0.1) is 0 Å². The molecule has 0 fully saturated rings. The maximum atomic E-state index is 11.7. The Hall–Kier alpha value is -1.29. The number of carbonyl (C=O) groups excluding carboxylic acids is 1. The third kappa shape index (κ3) is 3.10. The molecule has 1 unspecified atom stereocenters. The van der Waals surface area contributed by atoms with Crippen LogP contribution in [0.15, 0.2) is 12.3 Å². The van der Waals surface area contributed by atoms with Crippen molar-refractivity contribution in [1.29, 1.82) is 0 Å². The maximum absolute atomic E-state index is 11.7. The van der Waals surface area contributed by atoms with Gasteiger partial charge in [0.2, 0.25) is 0 Å². The predicted octanol–water partition coefficient (Wildman–Crippen LogP) is 1.46. The number of hydrogen-bond donors (Lipinski definition) is 3. The SMILES string of the molecule is Cc1[nH]ccc1C(=O)NCC(O)C(C)(C)C. The number of aromatic amines is 1. The summed E-state index contributed by atoms with van der Waals surface area (Å²) in [5.74, 6) is -0.151. The molecule has 0 aromatic carbocycles. The molecule has 4 nitrogen and oxygen atoms in total. The van der Waals surface area contributed by atoms with Crippen molar-refractivity contribution in [3.63, 3.8) is 0 Å². The standard InChI is InChI=1S/C12H20N2O2/c1-8-9(5-6-13-8)11(16)14-7-10(15)12(2,3)4/h5-6,10,13,15H,7H2,1-4H3,(H,14,16). The van der Waals surface area contributed by atoms with Crippen molar-refractivity contribution < 1.29 is 9.90 Å². The molecule has 0 radical (unpaired) electrons. The molecule has 0 aliphatic heterocycles. The Labute approximate surface area is 96.1 Å². The van der Waals surface area contributed by atoms with E-state index in [0.29, 0.717) is 5.56 Å². The molecular formula is C12H20N2O2. The summed E-state index contributed by atoms with van der Waals surface area (Å²) in [6.07, 6.45) is 1.18. The molecule has 0 saturated carbocycles. The molecule has 0 saturated heterocycles. The van der Waals surface area contributed by atoms with Crippen LogP contribution < -0.4 is 5.32 Å². The van der Waals surface area contributed by atoms with Crippen LogP contribution in [0.25, 0.3) is 0 Å². The Morgan fingerprint density at radius 3 is 2.62 bits per heavy atom. The molecule has 90 valence electrons. The zero-order chi connectivity index (χ0) is 12.3. The second-order valence-electron chi connectivity index (χ2n) is 5.11. The lowest BCUT2D eigenvalue weighted by Gasteiger charge is -2.25. The lowest BCUT2D eigenvalue weighted by molar-refractivity contribution is 0.0586. The van der Waals surface area contributed by atoms with E-state index < -0.39 is 6.10 Å². The summed E-state index contributed by atoms with van der Waals surface area (Å²) < 4.78 is 0. The van der Waals surface area contributed by atoms with E-state index in [9.17, 15) is 9.90 Å². The third-order valence-electron chi connectivity index (χ3n) is 2.65. The zero-order valence-electron chi connectivity index (χ0n) is 10.3. The minimum absolute atomic E-state index is 0.151. The highest BCUT2D eigenvalue weighted by atomic mass is 16.3. The van der Waals surface area contributed by atoms with E-state index in [4.69, 9.17) is 0 Å². The van der Waals surface area contributed by atoms with Crippen molar-refractivity contribution in [2.24, 2.45) is 5.41 Å². The maximum Gasteiger partial charge on any atom is 0.253 e. The van der Waals surface area contributed by atoms with Gasteiger partial charge in [0, 0.05) is 18.4 Å². The van der Waals surface area contributed by atoms with Crippen LogP contribution in [-0.4, -0.2) is 28.6 Å². The molecule has 4 heteroatoms. The summed E-state index contributed by atoms with van der Waals surface area (Å²) in [4.78, 5) is 14.7. The van der Waals surface area contributed by atoms with Crippen LogP contribution >= 0.6 is 0 Å².